The molecule has 7 heteroatoms. The van der Waals surface area contributed by atoms with E-state index in [1.165, 1.54) is 6.33 Å². The highest BCUT2D eigenvalue weighted by atomic mass is 16.3. The van der Waals surface area contributed by atoms with Crippen LogP contribution in [0.15, 0.2) is 35.3 Å². The van der Waals surface area contributed by atoms with E-state index >= 15 is 0 Å². The average Bonchev–Trinajstić information content (AvgIpc) is 2.98. The van der Waals surface area contributed by atoms with E-state index in [9.17, 15) is 4.79 Å². The fraction of sp³-hybridized carbons (Fsp3) is 0.474. The summed E-state index contributed by atoms with van der Waals surface area (Å²) in [5, 5.41) is 8.87. The summed E-state index contributed by atoms with van der Waals surface area (Å²) in [6.07, 6.45) is 7.93. The van der Waals surface area contributed by atoms with E-state index in [0.717, 1.165) is 43.7 Å². The molecule has 0 saturated carbocycles. The molecule has 1 amide bonds. The van der Waals surface area contributed by atoms with Crippen LogP contribution in [0.3, 0.4) is 0 Å². The van der Waals surface area contributed by atoms with E-state index in [-0.39, 0.29) is 11.9 Å². The predicted octanol–water partition coefficient (Wildman–Crippen LogP) is 2.34. The molecule has 3 heterocycles. The first-order chi connectivity index (χ1) is 12.7. The number of aromatic nitrogens is 2. The Labute approximate surface area is 153 Å². The molecule has 0 bridgehead atoms. The van der Waals surface area contributed by atoms with Gasteiger partial charge in [-0.3, -0.25) is 9.69 Å². The zero-order chi connectivity index (χ0) is 18.4. The van der Waals surface area contributed by atoms with Gasteiger partial charge in [0, 0.05) is 44.0 Å². The molecule has 2 aromatic heterocycles. The fourth-order valence-corrected chi connectivity index (χ4v) is 3.46. The maximum absolute atomic E-state index is 12.2. The van der Waals surface area contributed by atoms with Gasteiger partial charge in [-0.1, -0.05) is 0 Å². The van der Waals surface area contributed by atoms with Crippen LogP contribution in [0.4, 0.5) is 0 Å². The van der Waals surface area contributed by atoms with Gasteiger partial charge in [-0.2, -0.15) is 5.26 Å². The Balaban J connectivity index is 1.60. The van der Waals surface area contributed by atoms with E-state index < -0.39 is 0 Å². The standard InChI is InChI=1S/C19H23N5O2/c1-15(25)24(12-16-10-21-14-22-11-16)17-3-2-7-23(8-6-17)13-19-5-4-18(9-20)26-19/h4-5,10-11,14,17H,2-3,6-8,12-13H2,1H3. The summed E-state index contributed by atoms with van der Waals surface area (Å²) in [4.78, 5) is 24.5. The number of nitrogens with zero attached hydrogens (tertiary/aromatic N) is 5. The number of likely N-dealkylation sites (tertiary alicyclic amines) is 1. The Morgan fingerprint density at radius 1 is 1.35 bits per heavy atom. The number of carbonyl (C=O) groups is 1. The van der Waals surface area contributed by atoms with Gasteiger partial charge in [0.15, 0.2) is 0 Å². The summed E-state index contributed by atoms with van der Waals surface area (Å²) in [5.74, 6) is 1.24. The first kappa shape index (κ1) is 18.1. The van der Waals surface area contributed by atoms with Crippen molar-refractivity contribution in [2.45, 2.75) is 45.3 Å². The van der Waals surface area contributed by atoms with E-state index in [4.69, 9.17) is 9.68 Å². The maximum Gasteiger partial charge on any atom is 0.219 e. The quantitative estimate of drug-likeness (QED) is 0.820. The zero-order valence-electron chi connectivity index (χ0n) is 15.0. The second-order valence-electron chi connectivity index (χ2n) is 6.63. The molecule has 0 aromatic carbocycles. The number of hydrogen-bond donors (Lipinski definition) is 0. The van der Waals surface area contributed by atoms with Crippen LogP contribution < -0.4 is 0 Å². The lowest BCUT2D eigenvalue weighted by atomic mass is 10.1. The Kier molecular flexibility index (Phi) is 5.97. The molecule has 7 nitrogen and oxygen atoms in total. The van der Waals surface area contributed by atoms with Crippen molar-refractivity contribution < 1.29 is 9.21 Å². The summed E-state index contributed by atoms with van der Waals surface area (Å²) in [6, 6.07) is 5.79. The summed E-state index contributed by atoms with van der Waals surface area (Å²) >= 11 is 0. The van der Waals surface area contributed by atoms with Crippen LogP contribution in [0, 0.1) is 11.3 Å². The van der Waals surface area contributed by atoms with Crippen LogP contribution in [-0.2, 0) is 17.9 Å². The van der Waals surface area contributed by atoms with Crippen molar-refractivity contribution in [1.82, 2.24) is 19.8 Å². The van der Waals surface area contributed by atoms with Crippen LogP contribution in [0.1, 0.15) is 43.3 Å². The van der Waals surface area contributed by atoms with Crippen LogP contribution >= 0.6 is 0 Å². The minimum atomic E-state index is 0.0806. The highest BCUT2D eigenvalue weighted by Crippen LogP contribution is 2.21. The first-order valence-electron chi connectivity index (χ1n) is 8.88. The Bertz CT molecular complexity index is 768. The smallest absolute Gasteiger partial charge is 0.219 e. The maximum atomic E-state index is 12.2. The Morgan fingerprint density at radius 2 is 2.15 bits per heavy atom. The van der Waals surface area contributed by atoms with Gasteiger partial charge in [0.2, 0.25) is 11.7 Å². The lowest BCUT2D eigenvalue weighted by Crippen LogP contribution is -2.39. The van der Waals surface area contributed by atoms with Crippen molar-refractivity contribution in [3.63, 3.8) is 0 Å². The minimum Gasteiger partial charge on any atom is -0.449 e. The molecule has 1 saturated heterocycles. The van der Waals surface area contributed by atoms with E-state index in [2.05, 4.69) is 14.9 Å². The zero-order valence-corrected chi connectivity index (χ0v) is 15.0. The van der Waals surface area contributed by atoms with Crippen molar-refractivity contribution in [1.29, 1.82) is 5.26 Å². The van der Waals surface area contributed by atoms with Crippen molar-refractivity contribution in [3.8, 4) is 6.07 Å². The molecule has 2 aromatic rings. The highest BCUT2D eigenvalue weighted by Gasteiger charge is 2.25. The number of carbonyl (C=O) groups excluding carboxylic acids is 1. The van der Waals surface area contributed by atoms with Crippen LogP contribution in [-0.4, -0.2) is 44.8 Å². The summed E-state index contributed by atoms with van der Waals surface area (Å²) in [5.41, 5.74) is 0.948. The SMILES string of the molecule is CC(=O)N(Cc1cncnc1)C1CCCN(Cc2ccc(C#N)o2)CC1. The molecule has 1 unspecified atom stereocenters. The van der Waals surface area contributed by atoms with E-state index in [1.807, 2.05) is 17.0 Å². The van der Waals surface area contributed by atoms with Crippen molar-refractivity contribution >= 4 is 5.91 Å². The summed E-state index contributed by atoms with van der Waals surface area (Å²) in [7, 11) is 0. The number of rotatable bonds is 5. The summed E-state index contributed by atoms with van der Waals surface area (Å²) in [6.45, 7) is 4.71. The van der Waals surface area contributed by atoms with Crippen LogP contribution in [0.25, 0.3) is 0 Å². The van der Waals surface area contributed by atoms with E-state index in [1.54, 1.807) is 25.4 Å². The van der Waals surface area contributed by atoms with Crippen molar-refractivity contribution in [2.24, 2.45) is 0 Å². The second-order valence-corrected chi connectivity index (χ2v) is 6.63. The average molecular weight is 353 g/mol. The van der Waals surface area contributed by atoms with Gasteiger partial charge in [0.25, 0.3) is 0 Å². The molecule has 1 aliphatic rings. The molecule has 0 aliphatic carbocycles. The largest absolute Gasteiger partial charge is 0.449 e. The van der Waals surface area contributed by atoms with Gasteiger partial charge in [0.05, 0.1) is 6.54 Å². The lowest BCUT2D eigenvalue weighted by molar-refractivity contribution is -0.132. The third kappa shape index (κ3) is 4.67. The van der Waals surface area contributed by atoms with Crippen molar-refractivity contribution in [2.75, 3.05) is 13.1 Å². The highest BCUT2D eigenvalue weighted by molar-refractivity contribution is 5.73. The normalized spacial score (nSPS) is 18.1. The van der Waals surface area contributed by atoms with Gasteiger partial charge in [-0.15, -0.1) is 0 Å². The predicted molar refractivity (Wildman–Crippen MR) is 94.6 cm³/mol. The molecule has 0 radical (unpaired) electrons. The molecule has 1 aliphatic heterocycles. The third-order valence-corrected chi connectivity index (χ3v) is 4.75. The van der Waals surface area contributed by atoms with Gasteiger partial charge < -0.3 is 9.32 Å². The molecule has 26 heavy (non-hydrogen) atoms. The first-order valence-corrected chi connectivity index (χ1v) is 8.88. The molecule has 136 valence electrons. The lowest BCUT2D eigenvalue weighted by Gasteiger charge is -2.30. The molecule has 3 rings (SSSR count). The molecule has 1 atom stereocenters. The summed E-state index contributed by atoms with van der Waals surface area (Å²) < 4.78 is 5.49. The van der Waals surface area contributed by atoms with Gasteiger partial charge in [-0.25, -0.2) is 9.97 Å². The molecular formula is C19H23N5O2. The van der Waals surface area contributed by atoms with Gasteiger partial charge in [0.1, 0.15) is 18.2 Å². The van der Waals surface area contributed by atoms with Crippen LogP contribution in [0.2, 0.25) is 0 Å². The van der Waals surface area contributed by atoms with Gasteiger partial charge >= 0.3 is 0 Å². The molecular weight excluding hydrogens is 330 g/mol. The minimum absolute atomic E-state index is 0.0806. The molecule has 0 spiro atoms. The number of amides is 1. The second kappa shape index (κ2) is 8.59. The topological polar surface area (TPSA) is 86.3 Å². The number of furan rings is 1. The number of nitriles is 1. The Morgan fingerprint density at radius 3 is 2.85 bits per heavy atom. The monoisotopic (exact) mass is 353 g/mol. The van der Waals surface area contributed by atoms with Crippen LogP contribution in [0.5, 0.6) is 0 Å². The number of hydrogen-bond acceptors (Lipinski definition) is 6. The molecule has 0 N–H and O–H groups in total. The van der Waals surface area contributed by atoms with E-state index in [0.29, 0.717) is 18.8 Å². The third-order valence-electron chi connectivity index (χ3n) is 4.75. The van der Waals surface area contributed by atoms with Gasteiger partial charge in [-0.05, 0) is 37.9 Å². The fourth-order valence-electron chi connectivity index (χ4n) is 3.46. The van der Waals surface area contributed by atoms with Crippen molar-refractivity contribution in [3.05, 3.63) is 47.9 Å². The molecule has 1 fully saturated rings. The Hall–Kier alpha value is -2.72.